The molecule has 2 heterocycles. The lowest BCUT2D eigenvalue weighted by atomic mass is 9.50. The Bertz CT molecular complexity index is 1270. The Morgan fingerprint density at radius 1 is 1.06 bits per heavy atom. The zero-order chi connectivity index (χ0) is 21.2. The van der Waals surface area contributed by atoms with Crippen molar-refractivity contribution in [2.45, 2.75) is 50.5 Å². The molecule has 3 aromatic rings. The van der Waals surface area contributed by atoms with Crippen LogP contribution >= 0.6 is 11.3 Å². The number of amides is 1. The van der Waals surface area contributed by atoms with E-state index < -0.39 is 17.0 Å². The summed E-state index contributed by atoms with van der Waals surface area (Å²) in [7, 11) is 0. The number of fused-ring (bicyclic) bond motifs is 1. The third-order valence-electron chi connectivity index (χ3n) is 7.35. The van der Waals surface area contributed by atoms with Crippen molar-refractivity contribution in [3.8, 4) is 0 Å². The average molecular weight is 438 g/mol. The molecule has 8 nitrogen and oxygen atoms in total. The van der Waals surface area contributed by atoms with E-state index in [1.54, 1.807) is 24.3 Å². The van der Waals surface area contributed by atoms with Crippen molar-refractivity contribution in [3.05, 3.63) is 50.0 Å². The molecule has 0 spiro atoms. The molecular formula is C22H23N5O3S. The van der Waals surface area contributed by atoms with E-state index in [-0.39, 0.29) is 12.0 Å². The molecule has 4 fully saturated rings. The number of hydrogen-bond donors (Lipinski definition) is 2. The van der Waals surface area contributed by atoms with Crippen LogP contribution in [0.1, 0.15) is 43.5 Å². The van der Waals surface area contributed by atoms with Gasteiger partial charge in [0, 0.05) is 5.41 Å². The van der Waals surface area contributed by atoms with Gasteiger partial charge < -0.3 is 0 Å². The molecule has 2 N–H and O–H groups in total. The Kier molecular flexibility index (Phi) is 4.18. The van der Waals surface area contributed by atoms with Gasteiger partial charge in [0.05, 0.1) is 10.8 Å². The smallest absolute Gasteiger partial charge is 0.273 e. The van der Waals surface area contributed by atoms with Gasteiger partial charge in [-0.05, 0) is 68.4 Å². The molecule has 0 aliphatic heterocycles. The maximum absolute atomic E-state index is 12.6. The molecule has 4 saturated carbocycles. The molecule has 4 bridgehead atoms. The van der Waals surface area contributed by atoms with Gasteiger partial charge in [-0.2, -0.15) is 0 Å². The summed E-state index contributed by atoms with van der Waals surface area (Å²) in [6.45, 7) is -0.287. The summed E-state index contributed by atoms with van der Waals surface area (Å²) in [4.78, 5) is 37.4. The fourth-order valence-corrected chi connectivity index (χ4v) is 7.50. The second-order valence-corrected chi connectivity index (χ2v) is 10.5. The predicted octanol–water partition coefficient (Wildman–Crippen LogP) is 2.65. The molecule has 160 valence electrons. The Morgan fingerprint density at radius 2 is 1.71 bits per heavy atom. The highest BCUT2D eigenvalue weighted by molar-refractivity contribution is 7.15. The number of nitrogens with zero attached hydrogens (tertiary/aromatic N) is 3. The number of aromatic amines is 1. The summed E-state index contributed by atoms with van der Waals surface area (Å²) < 4.78 is 1.04. The lowest BCUT2D eigenvalue weighted by Crippen LogP contribution is -2.48. The number of nitrogens with one attached hydrogen (secondary N) is 2. The fourth-order valence-electron chi connectivity index (χ4n) is 6.52. The van der Waals surface area contributed by atoms with E-state index in [0.29, 0.717) is 15.9 Å². The molecule has 0 saturated heterocycles. The van der Waals surface area contributed by atoms with Crippen LogP contribution < -0.4 is 16.4 Å². The van der Waals surface area contributed by atoms with Crippen molar-refractivity contribution in [2.75, 3.05) is 5.32 Å². The Morgan fingerprint density at radius 3 is 2.39 bits per heavy atom. The largest absolute Gasteiger partial charge is 0.299 e. The van der Waals surface area contributed by atoms with Crippen LogP contribution in [0.2, 0.25) is 0 Å². The molecule has 7 rings (SSSR count). The van der Waals surface area contributed by atoms with Crippen molar-refractivity contribution in [3.63, 3.8) is 0 Å². The minimum Gasteiger partial charge on any atom is -0.299 e. The normalized spacial score (nSPS) is 28.8. The first-order valence-corrected chi connectivity index (χ1v) is 11.7. The minimum atomic E-state index is -0.416. The molecule has 9 heteroatoms. The molecule has 4 aliphatic carbocycles. The van der Waals surface area contributed by atoms with Gasteiger partial charge in [-0.25, -0.2) is 4.68 Å². The zero-order valence-electron chi connectivity index (χ0n) is 17.0. The van der Waals surface area contributed by atoms with Gasteiger partial charge in [-0.3, -0.25) is 24.8 Å². The highest BCUT2D eigenvalue weighted by Crippen LogP contribution is 2.61. The van der Waals surface area contributed by atoms with Crippen LogP contribution in [0, 0.1) is 17.8 Å². The average Bonchev–Trinajstić information content (AvgIpc) is 3.20. The second-order valence-electron chi connectivity index (χ2n) is 9.54. The van der Waals surface area contributed by atoms with Gasteiger partial charge in [0.2, 0.25) is 11.0 Å². The molecule has 2 aromatic heterocycles. The number of anilines is 1. The van der Waals surface area contributed by atoms with Gasteiger partial charge in [-0.15, -0.1) is 10.2 Å². The van der Waals surface area contributed by atoms with Crippen LogP contribution in [0.4, 0.5) is 5.13 Å². The first kappa shape index (κ1) is 18.9. The van der Waals surface area contributed by atoms with Crippen molar-refractivity contribution in [2.24, 2.45) is 17.8 Å². The highest BCUT2D eigenvalue weighted by Gasteiger charge is 2.53. The summed E-state index contributed by atoms with van der Waals surface area (Å²) in [6, 6.07) is 6.57. The lowest BCUT2D eigenvalue weighted by molar-refractivity contribution is -0.117. The Labute approximate surface area is 181 Å². The van der Waals surface area contributed by atoms with Crippen molar-refractivity contribution < 1.29 is 4.79 Å². The molecule has 1 amide bonds. The van der Waals surface area contributed by atoms with Crippen molar-refractivity contribution >= 4 is 33.1 Å². The van der Waals surface area contributed by atoms with Crippen LogP contribution in [-0.2, 0) is 16.8 Å². The van der Waals surface area contributed by atoms with E-state index >= 15 is 0 Å². The Balaban J connectivity index is 1.21. The number of carbonyl (C=O) groups excluding carboxylic acids is 1. The molecule has 0 unspecified atom stereocenters. The fraction of sp³-hybridized carbons (Fsp3) is 0.500. The zero-order valence-corrected chi connectivity index (χ0v) is 17.8. The Hall–Kier alpha value is -2.81. The summed E-state index contributed by atoms with van der Waals surface area (Å²) in [5, 5.41) is 16.0. The first-order valence-electron chi connectivity index (χ1n) is 10.8. The van der Waals surface area contributed by atoms with Crippen LogP contribution in [0.5, 0.6) is 0 Å². The number of aromatic nitrogens is 4. The van der Waals surface area contributed by atoms with Crippen LogP contribution in [0.25, 0.3) is 10.8 Å². The summed E-state index contributed by atoms with van der Waals surface area (Å²) >= 11 is 1.46. The third kappa shape index (κ3) is 3.13. The molecular weight excluding hydrogens is 414 g/mol. The second kappa shape index (κ2) is 6.85. The van der Waals surface area contributed by atoms with E-state index in [9.17, 15) is 14.4 Å². The van der Waals surface area contributed by atoms with E-state index in [1.165, 1.54) is 49.9 Å². The number of rotatable bonds is 4. The standard InChI is InChI=1S/C22H23N5O3S/c28-17(11-27-19(30)16-4-2-1-3-15(16)18(29)26-27)23-21-25-24-20(31-21)22-8-12-5-13(9-22)7-14(6-12)10-22/h1-4,12-14H,5-11H2,(H,26,29)(H,23,25,28). The maximum atomic E-state index is 12.6. The monoisotopic (exact) mass is 437 g/mol. The van der Waals surface area contributed by atoms with Crippen molar-refractivity contribution in [1.29, 1.82) is 0 Å². The first-order chi connectivity index (χ1) is 15.0. The summed E-state index contributed by atoms with van der Waals surface area (Å²) in [6.07, 6.45) is 7.65. The van der Waals surface area contributed by atoms with Gasteiger partial charge in [0.1, 0.15) is 11.6 Å². The van der Waals surface area contributed by atoms with Gasteiger partial charge in [0.25, 0.3) is 11.1 Å². The molecule has 0 radical (unpaired) electrons. The summed E-state index contributed by atoms with van der Waals surface area (Å²) in [5.41, 5.74) is -0.671. The van der Waals surface area contributed by atoms with E-state index in [4.69, 9.17) is 0 Å². The SMILES string of the molecule is O=C(Cn1[nH]c(=O)c2ccccc2c1=O)Nc1nnc(C23CC4CC(CC(C4)C2)C3)s1. The van der Waals surface area contributed by atoms with E-state index in [0.717, 1.165) is 27.4 Å². The third-order valence-corrected chi connectivity index (χ3v) is 8.43. The number of H-pyrrole nitrogens is 1. The van der Waals surface area contributed by atoms with E-state index in [2.05, 4.69) is 20.6 Å². The van der Waals surface area contributed by atoms with Gasteiger partial charge in [0.15, 0.2) is 0 Å². The number of hydrogen-bond acceptors (Lipinski definition) is 6. The van der Waals surface area contributed by atoms with Crippen molar-refractivity contribution in [1.82, 2.24) is 20.0 Å². The molecule has 0 atom stereocenters. The van der Waals surface area contributed by atoms with Crippen LogP contribution in [0.3, 0.4) is 0 Å². The molecule has 4 aliphatic rings. The van der Waals surface area contributed by atoms with Crippen LogP contribution in [0.15, 0.2) is 33.9 Å². The van der Waals surface area contributed by atoms with Crippen LogP contribution in [-0.4, -0.2) is 25.9 Å². The maximum Gasteiger partial charge on any atom is 0.273 e. The van der Waals surface area contributed by atoms with E-state index in [1.807, 2.05) is 0 Å². The predicted molar refractivity (Wildman–Crippen MR) is 117 cm³/mol. The van der Waals surface area contributed by atoms with Gasteiger partial charge >= 0.3 is 0 Å². The highest BCUT2D eigenvalue weighted by atomic mass is 32.1. The van der Waals surface area contributed by atoms with Gasteiger partial charge in [-0.1, -0.05) is 23.5 Å². The number of carbonyl (C=O) groups is 1. The summed E-state index contributed by atoms with van der Waals surface area (Å²) in [5.74, 6) is 2.01. The lowest BCUT2D eigenvalue weighted by Gasteiger charge is -2.55. The number of benzene rings is 1. The quantitative estimate of drug-likeness (QED) is 0.652. The topological polar surface area (TPSA) is 110 Å². The molecule has 31 heavy (non-hydrogen) atoms. The minimum absolute atomic E-state index is 0.135. The molecule has 1 aromatic carbocycles.